The molecule has 19 heavy (non-hydrogen) atoms. The number of hydrogen-bond donors (Lipinski definition) is 1. The summed E-state index contributed by atoms with van der Waals surface area (Å²) in [5, 5.41) is 0. The van der Waals surface area contributed by atoms with Crippen molar-refractivity contribution in [3.05, 3.63) is 21.9 Å². The third-order valence-corrected chi connectivity index (χ3v) is 4.97. The van der Waals surface area contributed by atoms with Crippen LogP contribution in [0.5, 0.6) is 0 Å². The summed E-state index contributed by atoms with van der Waals surface area (Å²) in [5.74, 6) is 0.946. The number of hydrogen-bond acceptors (Lipinski definition) is 3. The van der Waals surface area contributed by atoms with Gasteiger partial charge >= 0.3 is 0 Å². The number of amides is 1. The van der Waals surface area contributed by atoms with Gasteiger partial charge in [-0.25, -0.2) is 0 Å². The Kier molecular flexibility index (Phi) is 5.40. The van der Waals surface area contributed by atoms with Crippen molar-refractivity contribution in [2.45, 2.75) is 39.0 Å². The Morgan fingerprint density at radius 3 is 2.74 bits per heavy atom. The van der Waals surface area contributed by atoms with Crippen molar-refractivity contribution >= 4 is 17.2 Å². The highest BCUT2D eigenvalue weighted by Gasteiger charge is 2.21. The molecule has 1 saturated heterocycles. The molecule has 4 heteroatoms. The van der Waals surface area contributed by atoms with Crippen molar-refractivity contribution in [1.82, 2.24) is 4.90 Å². The Morgan fingerprint density at radius 1 is 1.42 bits per heavy atom. The molecule has 1 aromatic heterocycles. The predicted octanol–water partition coefficient (Wildman–Crippen LogP) is 2.58. The Morgan fingerprint density at radius 2 is 2.16 bits per heavy atom. The number of carbonyl (C=O) groups is 1. The van der Waals surface area contributed by atoms with Gasteiger partial charge in [-0.2, -0.15) is 0 Å². The van der Waals surface area contributed by atoms with Crippen LogP contribution < -0.4 is 5.73 Å². The van der Waals surface area contributed by atoms with Gasteiger partial charge in [0.05, 0.1) is 0 Å². The van der Waals surface area contributed by atoms with Crippen LogP contribution in [0.3, 0.4) is 0 Å². The van der Waals surface area contributed by atoms with E-state index in [4.69, 9.17) is 5.73 Å². The number of rotatable bonds is 5. The highest BCUT2D eigenvalue weighted by molar-refractivity contribution is 7.11. The first-order valence-corrected chi connectivity index (χ1v) is 8.04. The molecule has 0 unspecified atom stereocenters. The minimum absolute atomic E-state index is 0.323. The maximum absolute atomic E-state index is 12.1. The standard InChI is InChI=1S/C15H24N2OS/c1-12-5-6-14(19-12)3-2-4-15(18)17-9-7-13(11-16)8-10-17/h5-6,13H,2-4,7-11,16H2,1H3. The van der Waals surface area contributed by atoms with E-state index in [0.29, 0.717) is 18.2 Å². The van der Waals surface area contributed by atoms with Gasteiger partial charge in [0, 0.05) is 29.3 Å². The van der Waals surface area contributed by atoms with Crippen LogP contribution in [-0.2, 0) is 11.2 Å². The molecule has 0 radical (unpaired) electrons. The quantitative estimate of drug-likeness (QED) is 0.901. The van der Waals surface area contributed by atoms with Crippen LogP contribution >= 0.6 is 11.3 Å². The van der Waals surface area contributed by atoms with E-state index >= 15 is 0 Å². The maximum Gasteiger partial charge on any atom is 0.222 e. The minimum atomic E-state index is 0.323. The monoisotopic (exact) mass is 280 g/mol. The lowest BCUT2D eigenvalue weighted by Gasteiger charge is -2.31. The molecule has 0 spiro atoms. The second-order valence-corrected chi connectivity index (χ2v) is 6.80. The second-order valence-electron chi connectivity index (χ2n) is 5.43. The van der Waals surface area contributed by atoms with Crippen molar-refractivity contribution in [1.29, 1.82) is 0 Å². The summed E-state index contributed by atoms with van der Waals surface area (Å²) in [6.45, 7) is 4.69. The van der Waals surface area contributed by atoms with Gasteiger partial charge in [-0.3, -0.25) is 4.79 Å². The van der Waals surface area contributed by atoms with Crippen LogP contribution in [0.1, 0.15) is 35.4 Å². The summed E-state index contributed by atoms with van der Waals surface area (Å²) in [4.78, 5) is 16.9. The smallest absolute Gasteiger partial charge is 0.222 e. The first-order chi connectivity index (χ1) is 9.19. The summed E-state index contributed by atoms with van der Waals surface area (Å²) in [6.07, 6.45) is 4.84. The van der Waals surface area contributed by atoms with E-state index < -0.39 is 0 Å². The fourth-order valence-corrected chi connectivity index (χ4v) is 3.54. The molecule has 1 aromatic rings. The Balaban J connectivity index is 1.67. The van der Waals surface area contributed by atoms with Crippen LogP contribution in [0.4, 0.5) is 0 Å². The van der Waals surface area contributed by atoms with Gasteiger partial charge < -0.3 is 10.6 Å². The van der Waals surface area contributed by atoms with E-state index in [0.717, 1.165) is 45.3 Å². The summed E-state index contributed by atoms with van der Waals surface area (Å²) in [5.41, 5.74) is 5.67. The Labute approximate surface area is 119 Å². The zero-order valence-electron chi connectivity index (χ0n) is 11.7. The molecule has 1 amide bonds. The zero-order chi connectivity index (χ0) is 13.7. The lowest BCUT2D eigenvalue weighted by molar-refractivity contribution is -0.132. The molecule has 2 rings (SSSR count). The van der Waals surface area contributed by atoms with Gasteiger partial charge in [0.15, 0.2) is 0 Å². The number of thiophene rings is 1. The predicted molar refractivity (Wildman–Crippen MR) is 80.4 cm³/mol. The number of aryl methyl sites for hydroxylation is 2. The SMILES string of the molecule is Cc1ccc(CCCC(=O)N2CCC(CN)CC2)s1. The van der Waals surface area contributed by atoms with Crippen LogP contribution in [0.15, 0.2) is 12.1 Å². The minimum Gasteiger partial charge on any atom is -0.343 e. The van der Waals surface area contributed by atoms with Gasteiger partial charge in [-0.05, 0) is 57.2 Å². The number of nitrogens with zero attached hydrogens (tertiary/aromatic N) is 1. The molecule has 106 valence electrons. The second kappa shape index (κ2) is 7.06. The van der Waals surface area contributed by atoms with Crippen molar-refractivity contribution < 1.29 is 4.79 Å². The first-order valence-electron chi connectivity index (χ1n) is 7.22. The first kappa shape index (κ1) is 14.5. The summed E-state index contributed by atoms with van der Waals surface area (Å²) in [7, 11) is 0. The zero-order valence-corrected chi connectivity index (χ0v) is 12.5. The van der Waals surface area contributed by atoms with E-state index in [1.165, 1.54) is 9.75 Å². The van der Waals surface area contributed by atoms with E-state index in [-0.39, 0.29) is 0 Å². The molecular formula is C15H24N2OS. The summed E-state index contributed by atoms with van der Waals surface area (Å²) < 4.78 is 0. The number of piperidine rings is 1. The molecule has 3 nitrogen and oxygen atoms in total. The Hall–Kier alpha value is -0.870. The van der Waals surface area contributed by atoms with Gasteiger partial charge in [-0.1, -0.05) is 0 Å². The van der Waals surface area contributed by atoms with Crippen molar-refractivity contribution in [3.63, 3.8) is 0 Å². The highest BCUT2D eigenvalue weighted by Crippen LogP contribution is 2.19. The average Bonchev–Trinajstić information content (AvgIpc) is 2.84. The molecule has 0 aliphatic carbocycles. The third-order valence-electron chi connectivity index (χ3n) is 3.91. The van der Waals surface area contributed by atoms with Gasteiger partial charge in [0.1, 0.15) is 0 Å². The van der Waals surface area contributed by atoms with Crippen molar-refractivity contribution in [3.8, 4) is 0 Å². The molecule has 0 saturated carbocycles. The lowest BCUT2D eigenvalue weighted by atomic mass is 9.97. The molecule has 1 fully saturated rings. The third kappa shape index (κ3) is 4.32. The number of likely N-dealkylation sites (tertiary alicyclic amines) is 1. The maximum atomic E-state index is 12.1. The van der Waals surface area contributed by atoms with Crippen LogP contribution in [0.2, 0.25) is 0 Å². The molecule has 0 atom stereocenters. The van der Waals surface area contributed by atoms with Gasteiger partial charge in [0.2, 0.25) is 5.91 Å². The molecule has 1 aliphatic heterocycles. The van der Waals surface area contributed by atoms with Crippen LogP contribution in [0, 0.1) is 12.8 Å². The lowest BCUT2D eigenvalue weighted by Crippen LogP contribution is -2.39. The number of carbonyl (C=O) groups excluding carboxylic acids is 1. The van der Waals surface area contributed by atoms with Crippen LogP contribution in [-0.4, -0.2) is 30.4 Å². The fourth-order valence-electron chi connectivity index (χ4n) is 2.61. The Bertz CT molecular complexity index is 408. The molecule has 1 aliphatic rings. The van der Waals surface area contributed by atoms with E-state index in [1.807, 2.05) is 16.2 Å². The van der Waals surface area contributed by atoms with E-state index in [2.05, 4.69) is 19.1 Å². The fraction of sp³-hybridized carbons (Fsp3) is 0.667. The molecular weight excluding hydrogens is 256 g/mol. The highest BCUT2D eigenvalue weighted by atomic mass is 32.1. The van der Waals surface area contributed by atoms with Gasteiger partial charge in [-0.15, -0.1) is 11.3 Å². The van der Waals surface area contributed by atoms with Crippen molar-refractivity contribution in [2.75, 3.05) is 19.6 Å². The average molecular weight is 280 g/mol. The molecule has 2 heterocycles. The molecule has 2 N–H and O–H groups in total. The normalized spacial score (nSPS) is 16.8. The number of nitrogens with two attached hydrogens (primary N) is 1. The van der Waals surface area contributed by atoms with Gasteiger partial charge in [0.25, 0.3) is 0 Å². The topological polar surface area (TPSA) is 46.3 Å². The molecule has 0 bridgehead atoms. The van der Waals surface area contributed by atoms with E-state index in [1.54, 1.807) is 0 Å². The molecule has 0 aromatic carbocycles. The summed E-state index contributed by atoms with van der Waals surface area (Å²) in [6, 6.07) is 4.33. The van der Waals surface area contributed by atoms with E-state index in [9.17, 15) is 4.79 Å². The van der Waals surface area contributed by atoms with Crippen LogP contribution in [0.25, 0.3) is 0 Å². The largest absolute Gasteiger partial charge is 0.343 e. The van der Waals surface area contributed by atoms with Crippen molar-refractivity contribution in [2.24, 2.45) is 11.7 Å². The summed E-state index contributed by atoms with van der Waals surface area (Å²) >= 11 is 1.84.